The first kappa shape index (κ1) is 19.4. The van der Waals surface area contributed by atoms with E-state index >= 15 is 0 Å². The molecule has 0 atom stereocenters. The molecule has 0 saturated carbocycles. The minimum atomic E-state index is -3.44. The molecule has 0 aliphatic heterocycles. The Morgan fingerprint density at radius 3 is 2.69 bits per heavy atom. The summed E-state index contributed by atoms with van der Waals surface area (Å²) in [6.45, 7) is 3.49. The lowest BCUT2D eigenvalue weighted by molar-refractivity contribution is 0.0697. The summed E-state index contributed by atoms with van der Waals surface area (Å²) in [5.41, 5.74) is 3.03. The van der Waals surface area contributed by atoms with Gasteiger partial charge < -0.3 is 10.1 Å². The summed E-state index contributed by atoms with van der Waals surface area (Å²) >= 11 is 6.55. The van der Waals surface area contributed by atoms with Crippen molar-refractivity contribution in [1.82, 2.24) is 9.97 Å². The number of benzene rings is 2. The Hall–Kier alpha value is -2.90. The van der Waals surface area contributed by atoms with E-state index in [0.717, 1.165) is 10.9 Å². The van der Waals surface area contributed by atoms with Gasteiger partial charge in [0.05, 0.1) is 21.2 Å². The zero-order chi connectivity index (χ0) is 20.9. The number of nitrogens with zero attached hydrogens (tertiary/aromatic N) is 1. The minimum absolute atomic E-state index is 0.0367. The third-order valence-corrected chi connectivity index (χ3v) is 7.03. The monoisotopic (exact) mass is 428 g/mol. The van der Waals surface area contributed by atoms with Crippen LogP contribution in [0.15, 0.2) is 47.5 Å². The van der Waals surface area contributed by atoms with Crippen molar-refractivity contribution in [3.05, 3.63) is 58.7 Å². The fourth-order valence-corrected chi connectivity index (χ4v) is 4.73. The molecule has 2 N–H and O–H groups in total. The quantitative estimate of drug-likeness (QED) is 0.484. The number of aromatic amines is 1. The van der Waals surface area contributed by atoms with Gasteiger partial charge in [0.25, 0.3) is 0 Å². The number of aromatic nitrogens is 2. The number of hydrogen-bond acceptors (Lipinski definition) is 4. The van der Waals surface area contributed by atoms with Crippen LogP contribution < -0.4 is 0 Å². The maximum atomic E-state index is 12.4. The van der Waals surface area contributed by atoms with Gasteiger partial charge in [-0.3, -0.25) is 0 Å². The van der Waals surface area contributed by atoms with E-state index in [2.05, 4.69) is 9.97 Å². The highest BCUT2D eigenvalue weighted by atomic mass is 35.5. The van der Waals surface area contributed by atoms with E-state index in [1.54, 1.807) is 25.3 Å². The number of carboxylic acid groups (broad SMARTS) is 1. The molecule has 2 heterocycles. The molecule has 0 amide bonds. The lowest BCUT2D eigenvalue weighted by atomic mass is 9.97. The zero-order valence-corrected chi connectivity index (χ0v) is 17.2. The topological polar surface area (TPSA) is 100 Å². The maximum absolute atomic E-state index is 12.4. The molecule has 0 unspecified atom stereocenters. The van der Waals surface area contributed by atoms with Crippen molar-refractivity contribution in [2.24, 2.45) is 0 Å². The number of H-pyrrole nitrogens is 1. The molecule has 6 nitrogen and oxygen atoms in total. The first-order valence-electron chi connectivity index (χ1n) is 8.90. The molecule has 29 heavy (non-hydrogen) atoms. The van der Waals surface area contributed by atoms with Crippen molar-refractivity contribution in [3.8, 4) is 11.1 Å². The smallest absolute Gasteiger partial charge is 0.337 e. The number of carboxylic acids is 1. The van der Waals surface area contributed by atoms with Crippen molar-refractivity contribution in [1.29, 1.82) is 0 Å². The Balaban J connectivity index is 2.17. The number of aromatic carboxylic acids is 1. The van der Waals surface area contributed by atoms with Crippen LogP contribution in [0.4, 0.5) is 0 Å². The normalized spacial score (nSPS) is 12.0. The molecule has 2 aromatic carbocycles. The molecule has 0 saturated heterocycles. The fourth-order valence-electron chi connectivity index (χ4n) is 3.46. The van der Waals surface area contributed by atoms with Crippen LogP contribution in [0.1, 0.15) is 22.8 Å². The second-order valence-electron chi connectivity index (χ2n) is 6.81. The maximum Gasteiger partial charge on any atom is 0.337 e. The number of carbonyl (C=O) groups is 1. The van der Waals surface area contributed by atoms with Crippen molar-refractivity contribution >= 4 is 49.3 Å². The Morgan fingerprint density at radius 2 is 2.00 bits per heavy atom. The molecule has 4 rings (SSSR count). The van der Waals surface area contributed by atoms with Gasteiger partial charge in [0, 0.05) is 28.0 Å². The molecule has 0 spiro atoms. The Morgan fingerprint density at radius 1 is 1.24 bits per heavy atom. The lowest BCUT2D eigenvalue weighted by Crippen LogP contribution is -2.04. The van der Waals surface area contributed by atoms with Crippen LogP contribution in [0, 0.1) is 6.92 Å². The van der Waals surface area contributed by atoms with E-state index in [1.807, 2.05) is 13.0 Å². The summed E-state index contributed by atoms with van der Waals surface area (Å²) in [5, 5.41) is 11.2. The van der Waals surface area contributed by atoms with Gasteiger partial charge in [-0.15, -0.1) is 0 Å². The number of aryl methyl sites for hydroxylation is 1. The summed E-state index contributed by atoms with van der Waals surface area (Å²) < 4.78 is 24.7. The molecule has 148 valence electrons. The second kappa shape index (κ2) is 6.86. The van der Waals surface area contributed by atoms with Crippen LogP contribution in [0.5, 0.6) is 0 Å². The molecule has 8 heteroatoms. The van der Waals surface area contributed by atoms with Gasteiger partial charge in [0.2, 0.25) is 0 Å². The predicted molar refractivity (Wildman–Crippen MR) is 113 cm³/mol. The van der Waals surface area contributed by atoms with E-state index in [4.69, 9.17) is 11.6 Å². The molecule has 0 fully saturated rings. The number of halogens is 1. The molecular weight excluding hydrogens is 412 g/mol. The third kappa shape index (κ3) is 3.16. The second-order valence-corrected chi connectivity index (χ2v) is 9.46. The highest BCUT2D eigenvalue weighted by molar-refractivity contribution is 7.91. The van der Waals surface area contributed by atoms with E-state index in [0.29, 0.717) is 27.7 Å². The number of sulfone groups is 1. The average molecular weight is 429 g/mol. The van der Waals surface area contributed by atoms with Gasteiger partial charge in [-0.2, -0.15) is 0 Å². The van der Waals surface area contributed by atoms with Crippen molar-refractivity contribution in [2.75, 3.05) is 5.75 Å². The molecule has 4 aromatic rings. The SMILES string of the molecule is CCS(=O)(=O)c1cccc(-c2c(Cl)c(C(=O)O)cc3[nH]c4ncc(C)cc4c23)c1. The minimum Gasteiger partial charge on any atom is -0.478 e. The number of fused-ring (bicyclic) bond motifs is 3. The van der Waals surface area contributed by atoms with Crippen molar-refractivity contribution in [3.63, 3.8) is 0 Å². The van der Waals surface area contributed by atoms with Crippen molar-refractivity contribution in [2.45, 2.75) is 18.7 Å². The van der Waals surface area contributed by atoms with Gasteiger partial charge in [-0.1, -0.05) is 30.7 Å². The standard InChI is InChI=1S/C21H17ClN2O4S/c1-3-29(27,28)13-6-4-5-12(8-13)17-18-14-7-11(2)10-23-20(14)24-16(18)9-15(19(17)22)21(25)26/h4-10H,3H2,1-2H3,(H,23,24)(H,25,26). The van der Waals surface area contributed by atoms with E-state index in [1.165, 1.54) is 18.2 Å². The van der Waals surface area contributed by atoms with Crippen LogP contribution in [0.25, 0.3) is 33.1 Å². The number of rotatable bonds is 4. The van der Waals surface area contributed by atoms with Crippen LogP contribution in [0.3, 0.4) is 0 Å². The fraction of sp³-hybridized carbons (Fsp3) is 0.143. The Kier molecular flexibility index (Phi) is 4.59. The summed E-state index contributed by atoms with van der Waals surface area (Å²) in [6, 6.07) is 9.83. The molecule has 0 aliphatic carbocycles. The van der Waals surface area contributed by atoms with E-state index in [-0.39, 0.29) is 21.2 Å². The number of pyridine rings is 1. The van der Waals surface area contributed by atoms with Gasteiger partial charge in [-0.05, 0) is 42.3 Å². The van der Waals surface area contributed by atoms with Gasteiger partial charge in [0.15, 0.2) is 9.84 Å². The van der Waals surface area contributed by atoms with E-state index in [9.17, 15) is 18.3 Å². The lowest BCUT2D eigenvalue weighted by Gasteiger charge is -2.12. The Labute approximate surface area is 172 Å². The number of hydrogen-bond donors (Lipinski definition) is 2. The summed E-state index contributed by atoms with van der Waals surface area (Å²) in [4.78, 5) is 19.5. The zero-order valence-electron chi connectivity index (χ0n) is 15.7. The van der Waals surface area contributed by atoms with Crippen LogP contribution >= 0.6 is 11.6 Å². The van der Waals surface area contributed by atoms with Gasteiger partial charge in [-0.25, -0.2) is 18.2 Å². The summed E-state index contributed by atoms with van der Waals surface area (Å²) in [5.74, 6) is -1.21. The molecule has 2 aromatic heterocycles. The van der Waals surface area contributed by atoms with Gasteiger partial charge >= 0.3 is 5.97 Å². The average Bonchev–Trinajstić information content (AvgIpc) is 3.04. The van der Waals surface area contributed by atoms with Crippen LogP contribution in [-0.2, 0) is 9.84 Å². The predicted octanol–water partition coefficient (Wildman–Crippen LogP) is 4.84. The first-order chi connectivity index (χ1) is 13.7. The highest BCUT2D eigenvalue weighted by Crippen LogP contribution is 2.41. The Bertz CT molecular complexity index is 1410. The van der Waals surface area contributed by atoms with Gasteiger partial charge in [0.1, 0.15) is 5.65 Å². The molecule has 0 radical (unpaired) electrons. The molecule has 0 bridgehead atoms. The largest absolute Gasteiger partial charge is 0.478 e. The highest BCUT2D eigenvalue weighted by Gasteiger charge is 2.22. The van der Waals surface area contributed by atoms with E-state index < -0.39 is 15.8 Å². The third-order valence-electron chi connectivity index (χ3n) is 4.90. The summed E-state index contributed by atoms with van der Waals surface area (Å²) in [6.07, 6.45) is 1.71. The molecular formula is C21H17ClN2O4S. The molecule has 0 aliphatic rings. The summed E-state index contributed by atoms with van der Waals surface area (Å²) in [7, 11) is -3.44. The first-order valence-corrected chi connectivity index (χ1v) is 10.9. The van der Waals surface area contributed by atoms with Crippen molar-refractivity contribution < 1.29 is 18.3 Å². The van der Waals surface area contributed by atoms with Crippen LogP contribution in [-0.4, -0.2) is 35.2 Å². The van der Waals surface area contributed by atoms with Crippen LogP contribution in [0.2, 0.25) is 5.02 Å². The number of nitrogens with one attached hydrogen (secondary N) is 1.